The van der Waals surface area contributed by atoms with E-state index in [0.29, 0.717) is 22.7 Å². The van der Waals surface area contributed by atoms with Crippen molar-refractivity contribution < 1.29 is 19.1 Å². The number of ether oxygens (including phenoxy) is 2. The molecule has 1 fully saturated rings. The number of para-hydroxylation sites is 1. The predicted molar refractivity (Wildman–Crippen MR) is 149 cm³/mol. The lowest BCUT2D eigenvalue weighted by Gasteiger charge is -2.33. The molecule has 0 unspecified atom stereocenters. The molecule has 4 aromatic rings. The summed E-state index contributed by atoms with van der Waals surface area (Å²) < 4.78 is 12.6. The summed E-state index contributed by atoms with van der Waals surface area (Å²) in [5.41, 5.74) is 3.55. The average Bonchev–Trinajstić information content (AvgIpc) is 3.62. The van der Waals surface area contributed by atoms with E-state index in [2.05, 4.69) is 15.6 Å². The molecule has 0 spiro atoms. The summed E-state index contributed by atoms with van der Waals surface area (Å²) in [4.78, 5) is 29.9. The Hall–Kier alpha value is -4.40. The van der Waals surface area contributed by atoms with Gasteiger partial charge in [0.2, 0.25) is 11.8 Å². The highest BCUT2D eigenvalue weighted by molar-refractivity contribution is 6.02. The Morgan fingerprint density at radius 3 is 2.36 bits per heavy atom. The number of rotatable bonds is 9. The molecule has 1 saturated carbocycles. The molecule has 1 aliphatic carbocycles. The van der Waals surface area contributed by atoms with Gasteiger partial charge in [0, 0.05) is 24.2 Å². The van der Waals surface area contributed by atoms with Crippen molar-refractivity contribution in [2.24, 2.45) is 0 Å². The maximum Gasteiger partial charge on any atom is 0.249 e. The molecule has 9 nitrogen and oxygen atoms in total. The van der Waals surface area contributed by atoms with Crippen LogP contribution in [0.2, 0.25) is 0 Å². The number of anilines is 1. The van der Waals surface area contributed by atoms with Crippen LogP contribution in [-0.4, -0.2) is 47.1 Å². The number of methoxy groups -OCH3 is 2. The molecule has 0 radical (unpaired) electrons. The predicted octanol–water partition coefficient (Wildman–Crippen LogP) is 4.59. The second-order valence-electron chi connectivity index (χ2n) is 9.82. The van der Waals surface area contributed by atoms with Gasteiger partial charge in [0.05, 0.1) is 25.4 Å². The van der Waals surface area contributed by atoms with Crippen molar-refractivity contribution >= 4 is 28.5 Å². The molecule has 2 amide bonds. The SMILES string of the molecule is COc1cc(OC)cc(N(C(=O)Cn2nnc3ccccc32)[C@@H](C(=O)NC2CCCC2)c2ccccc2C)c1. The van der Waals surface area contributed by atoms with Crippen molar-refractivity contribution in [3.05, 3.63) is 77.9 Å². The van der Waals surface area contributed by atoms with Gasteiger partial charge in [0.15, 0.2) is 0 Å². The summed E-state index contributed by atoms with van der Waals surface area (Å²) in [6, 6.07) is 19.5. The van der Waals surface area contributed by atoms with E-state index >= 15 is 0 Å². The zero-order valence-corrected chi connectivity index (χ0v) is 22.5. The molecule has 202 valence electrons. The number of nitrogens with zero attached hydrogens (tertiary/aromatic N) is 4. The molecule has 1 N–H and O–H groups in total. The molecule has 3 aromatic carbocycles. The Balaban J connectivity index is 1.63. The van der Waals surface area contributed by atoms with E-state index in [9.17, 15) is 9.59 Å². The summed E-state index contributed by atoms with van der Waals surface area (Å²) in [5, 5.41) is 11.7. The van der Waals surface area contributed by atoms with Crippen LogP contribution in [0.5, 0.6) is 11.5 Å². The monoisotopic (exact) mass is 527 g/mol. The number of aryl methyl sites for hydroxylation is 1. The minimum atomic E-state index is -0.925. The molecule has 0 aliphatic heterocycles. The van der Waals surface area contributed by atoms with E-state index in [1.54, 1.807) is 37.1 Å². The first-order valence-corrected chi connectivity index (χ1v) is 13.2. The first-order valence-electron chi connectivity index (χ1n) is 13.2. The standard InChI is InChI=1S/C30H33N5O4/c1-20-10-4-7-13-25(20)29(30(37)31-21-11-5-6-12-21)35(22-16-23(38-2)18-24(17-22)39-3)28(36)19-34-27-15-9-8-14-26(27)32-33-34/h4,7-10,13-18,21,29H,5-6,11-12,19H2,1-3H3,(H,31,37)/t29-/m1/s1. The minimum Gasteiger partial charge on any atom is -0.497 e. The van der Waals surface area contributed by atoms with E-state index in [-0.39, 0.29) is 24.4 Å². The third-order valence-electron chi connectivity index (χ3n) is 7.28. The van der Waals surface area contributed by atoms with E-state index in [0.717, 1.165) is 42.3 Å². The summed E-state index contributed by atoms with van der Waals surface area (Å²) in [7, 11) is 3.11. The van der Waals surface area contributed by atoms with Crippen LogP contribution in [0, 0.1) is 6.92 Å². The van der Waals surface area contributed by atoms with Gasteiger partial charge in [-0.25, -0.2) is 4.68 Å². The zero-order valence-electron chi connectivity index (χ0n) is 22.5. The molecule has 5 rings (SSSR count). The molecular formula is C30H33N5O4. The van der Waals surface area contributed by atoms with Gasteiger partial charge in [-0.1, -0.05) is 54.5 Å². The Kier molecular flexibility index (Phi) is 7.76. The van der Waals surface area contributed by atoms with Crippen LogP contribution in [0.25, 0.3) is 11.0 Å². The first kappa shape index (κ1) is 26.2. The second kappa shape index (κ2) is 11.6. The van der Waals surface area contributed by atoms with Gasteiger partial charge < -0.3 is 14.8 Å². The Morgan fingerprint density at radius 1 is 1.00 bits per heavy atom. The summed E-state index contributed by atoms with van der Waals surface area (Å²) >= 11 is 0. The van der Waals surface area contributed by atoms with Crippen LogP contribution < -0.4 is 19.7 Å². The van der Waals surface area contributed by atoms with Gasteiger partial charge in [-0.05, 0) is 43.0 Å². The van der Waals surface area contributed by atoms with Gasteiger partial charge in [-0.2, -0.15) is 0 Å². The lowest BCUT2D eigenvalue weighted by Crippen LogP contribution is -2.47. The van der Waals surface area contributed by atoms with Crippen molar-refractivity contribution in [1.82, 2.24) is 20.3 Å². The summed E-state index contributed by atoms with van der Waals surface area (Å²) in [6.07, 6.45) is 4.01. The second-order valence-corrected chi connectivity index (χ2v) is 9.82. The lowest BCUT2D eigenvalue weighted by molar-refractivity contribution is -0.127. The first-order chi connectivity index (χ1) is 19.0. The maximum absolute atomic E-state index is 14.3. The van der Waals surface area contributed by atoms with Gasteiger partial charge in [0.1, 0.15) is 29.6 Å². The number of carbonyl (C=O) groups is 2. The maximum atomic E-state index is 14.3. The van der Waals surface area contributed by atoms with Gasteiger partial charge in [0.25, 0.3) is 0 Å². The number of nitrogens with one attached hydrogen (secondary N) is 1. The Morgan fingerprint density at radius 2 is 1.67 bits per heavy atom. The van der Waals surface area contributed by atoms with E-state index in [1.807, 2.05) is 55.5 Å². The average molecular weight is 528 g/mol. The van der Waals surface area contributed by atoms with Crippen LogP contribution in [0.1, 0.15) is 42.9 Å². The Bertz CT molecular complexity index is 1460. The molecule has 1 atom stereocenters. The molecule has 1 aromatic heterocycles. The van der Waals surface area contributed by atoms with Crippen LogP contribution >= 0.6 is 0 Å². The highest BCUT2D eigenvalue weighted by atomic mass is 16.5. The molecule has 9 heteroatoms. The fraction of sp³-hybridized carbons (Fsp3) is 0.333. The quantitative estimate of drug-likeness (QED) is 0.342. The number of hydrogen-bond donors (Lipinski definition) is 1. The normalized spacial score (nSPS) is 14.2. The smallest absolute Gasteiger partial charge is 0.249 e. The molecule has 1 heterocycles. The topological polar surface area (TPSA) is 98.6 Å². The van der Waals surface area contributed by atoms with Gasteiger partial charge in [-0.15, -0.1) is 5.10 Å². The van der Waals surface area contributed by atoms with E-state index < -0.39 is 6.04 Å². The van der Waals surface area contributed by atoms with Crippen LogP contribution in [0.15, 0.2) is 66.7 Å². The molecule has 0 saturated heterocycles. The van der Waals surface area contributed by atoms with Crippen molar-refractivity contribution in [2.75, 3.05) is 19.1 Å². The molecule has 1 aliphatic rings. The van der Waals surface area contributed by atoms with Crippen LogP contribution in [0.4, 0.5) is 5.69 Å². The highest BCUT2D eigenvalue weighted by Crippen LogP contribution is 2.36. The van der Waals surface area contributed by atoms with Crippen molar-refractivity contribution in [3.63, 3.8) is 0 Å². The largest absolute Gasteiger partial charge is 0.497 e. The van der Waals surface area contributed by atoms with Crippen LogP contribution in [0.3, 0.4) is 0 Å². The van der Waals surface area contributed by atoms with Crippen molar-refractivity contribution in [1.29, 1.82) is 0 Å². The van der Waals surface area contributed by atoms with Crippen molar-refractivity contribution in [3.8, 4) is 11.5 Å². The summed E-state index contributed by atoms with van der Waals surface area (Å²) in [6.45, 7) is 1.84. The minimum absolute atomic E-state index is 0.0834. The number of benzene rings is 3. The van der Waals surface area contributed by atoms with Crippen LogP contribution in [-0.2, 0) is 16.1 Å². The Labute approximate surface area is 227 Å². The number of carbonyl (C=O) groups excluding carboxylic acids is 2. The lowest BCUT2D eigenvalue weighted by atomic mass is 9.97. The third kappa shape index (κ3) is 5.57. The number of amides is 2. The fourth-order valence-electron chi connectivity index (χ4n) is 5.25. The molecule has 39 heavy (non-hydrogen) atoms. The van der Waals surface area contributed by atoms with E-state index in [1.165, 1.54) is 4.90 Å². The highest BCUT2D eigenvalue weighted by Gasteiger charge is 2.36. The number of aromatic nitrogens is 3. The number of hydrogen-bond acceptors (Lipinski definition) is 6. The number of fused-ring (bicyclic) bond motifs is 1. The molecule has 0 bridgehead atoms. The van der Waals surface area contributed by atoms with Gasteiger partial charge in [-0.3, -0.25) is 14.5 Å². The summed E-state index contributed by atoms with van der Waals surface area (Å²) in [5.74, 6) is 0.465. The van der Waals surface area contributed by atoms with Gasteiger partial charge >= 0.3 is 0 Å². The molecular weight excluding hydrogens is 494 g/mol. The zero-order chi connectivity index (χ0) is 27.4. The van der Waals surface area contributed by atoms with Crippen molar-refractivity contribution in [2.45, 2.75) is 51.2 Å². The fourth-order valence-corrected chi connectivity index (χ4v) is 5.25. The third-order valence-corrected chi connectivity index (χ3v) is 7.28. The van der Waals surface area contributed by atoms with E-state index in [4.69, 9.17) is 9.47 Å².